The highest BCUT2D eigenvalue weighted by molar-refractivity contribution is 7.92. The Labute approximate surface area is 174 Å². The molecule has 0 fully saturated rings. The Morgan fingerprint density at radius 3 is 2.17 bits per heavy atom. The summed E-state index contributed by atoms with van der Waals surface area (Å²) in [5.74, 6) is -0.476. The number of benzene rings is 2. The molecule has 0 aliphatic carbocycles. The Balaban J connectivity index is 1.71. The van der Waals surface area contributed by atoms with Gasteiger partial charge in [-0.05, 0) is 54.6 Å². The van der Waals surface area contributed by atoms with Crippen LogP contribution in [0.2, 0.25) is 0 Å². The molecule has 0 bridgehead atoms. The molecule has 0 saturated carbocycles. The number of sulfonamides is 2. The van der Waals surface area contributed by atoms with E-state index in [2.05, 4.69) is 19.7 Å². The summed E-state index contributed by atoms with van der Waals surface area (Å²) in [7, 11) is -7.27. The molecule has 9 nitrogen and oxygen atoms in total. The lowest BCUT2D eigenvalue weighted by Gasteiger charge is -2.10. The molecule has 3 N–H and O–H groups in total. The first-order valence-corrected chi connectivity index (χ1v) is 11.9. The highest BCUT2D eigenvalue weighted by Crippen LogP contribution is 2.19. The Morgan fingerprint density at radius 2 is 1.53 bits per heavy atom. The number of anilines is 3. The van der Waals surface area contributed by atoms with E-state index in [4.69, 9.17) is 0 Å². The second-order valence-corrected chi connectivity index (χ2v) is 9.71. The van der Waals surface area contributed by atoms with Gasteiger partial charge in [0.2, 0.25) is 10.0 Å². The predicted octanol–water partition coefficient (Wildman–Crippen LogP) is 2.51. The molecule has 30 heavy (non-hydrogen) atoms. The summed E-state index contributed by atoms with van der Waals surface area (Å²) in [6, 6.07) is 14.8. The molecule has 0 unspecified atom stereocenters. The van der Waals surface area contributed by atoms with Gasteiger partial charge in [0, 0.05) is 23.1 Å². The van der Waals surface area contributed by atoms with E-state index < -0.39 is 26.0 Å². The predicted molar refractivity (Wildman–Crippen MR) is 114 cm³/mol. The second kappa shape index (κ2) is 8.51. The maximum atomic E-state index is 12.4. The molecule has 3 rings (SSSR count). The van der Waals surface area contributed by atoms with Crippen molar-refractivity contribution in [2.45, 2.75) is 4.90 Å². The van der Waals surface area contributed by atoms with Gasteiger partial charge < -0.3 is 5.32 Å². The van der Waals surface area contributed by atoms with Crippen LogP contribution in [-0.4, -0.2) is 34.0 Å². The average Bonchev–Trinajstić information content (AvgIpc) is 2.68. The molecular weight excluding hydrogens is 428 g/mol. The Bertz CT molecular complexity index is 1260. The molecule has 1 heterocycles. The number of carbonyl (C=O) groups excluding carboxylic acids is 1. The molecule has 0 spiro atoms. The number of rotatable bonds is 7. The monoisotopic (exact) mass is 446 g/mol. The van der Waals surface area contributed by atoms with Crippen molar-refractivity contribution >= 4 is 43.0 Å². The van der Waals surface area contributed by atoms with Crippen LogP contribution in [0.1, 0.15) is 10.4 Å². The minimum Gasteiger partial charge on any atom is -0.322 e. The first-order valence-electron chi connectivity index (χ1n) is 8.54. The van der Waals surface area contributed by atoms with Crippen molar-refractivity contribution in [2.75, 3.05) is 21.0 Å². The van der Waals surface area contributed by atoms with E-state index in [1.807, 2.05) is 0 Å². The highest BCUT2D eigenvalue weighted by atomic mass is 32.2. The minimum absolute atomic E-state index is 0.0173. The molecule has 2 aromatic carbocycles. The van der Waals surface area contributed by atoms with Crippen molar-refractivity contribution in [3.8, 4) is 0 Å². The number of hydrogen-bond donors (Lipinski definition) is 3. The van der Waals surface area contributed by atoms with Crippen LogP contribution >= 0.6 is 0 Å². The van der Waals surface area contributed by atoms with Crippen LogP contribution in [0.25, 0.3) is 0 Å². The fraction of sp³-hybridized carbons (Fsp3) is 0.0526. The Morgan fingerprint density at radius 1 is 0.833 bits per heavy atom. The van der Waals surface area contributed by atoms with Gasteiger partial charge in [-0.3, -0.25) is 19.2 Å². The van der Waals surface area contributed by atoms with Crippen LogP contribution in [-0.2, 0) is 20.0 Å². The summed E-state index contributed by atoms with van der Waals surface area (Å²) in [5.41, 5.74) is 1.20. The van der Waals surface area contributed by atoms with Crippen molar-refractivity contribution in [3.63, 3.8) is 0 Å². The SMILES string of the molecule is CS(=O)(=O)Nc1cccc(C(=O)Nc2ccc(S(=O)(=O)Nc3cccnc3)cc2)c1. The third-order valence-electron chi connectivity index (χ3n) is 3.76. The summed E-state index contributed by atoms with van der Waals surface area (Å²) in [6.45, 7) is 0. The molecule has 156 valence electrons. The van der Waals surface area contributed by atoms with Crippen molar-refractivity contribution in [1.29, 1.82) is 0 Å². The lowest BCUT2D eigenvalue weighted by molar-refractivity contribution is 0.102. The number of hydrogen-bond acceptors (Lipinski definition) is 6. The quantitative estimate of drug-likeness (QED) is 0.510. The minimum atomic E-state index is -3.80. The second-order valence-electron chi connectivity index (χ2n) is 6.28. The molecule has 3 aromatic rings. The molecule has 0 radical (unpaired) electrons. The fourth-order valence-corrected chi connectivity index (χ4v) is 4.09. The fourth-order valence-electron chi connectivity index (χ4n) is 2.50. The summed E-state index contributed by atoms with van der Waals surface area (Å²) in [4.78, 5) is 16.3. The van der Waals surface area contributed by atoms with E-state index in [1.165, 1.54) is 54.9 Å². The number of nitrogens with zero attached hydrogens (tertiary/aromatic N) is 1. The third-order valence-corrected chi connectivity index (χ3v) is 5.77. The van der Waals surface area contributed by atoms with E-state index >= 15 is 0 Å². The summed E-state index contributed by atoms with van der Waals surface area (Å²) >= 11 is 0. The smallest absolute Gasteiger partial charge is 0.261 e. The summed E-state index contributed by atoms with van der Waals surface area (Å²) in [6.07, 6.45) is 3.93. The van der Waals surface area contributed by atoms with Gasteiger partial charge in [0.25, 0.3) is 15.9 Å². The zero-order chi connectivity index (χ0) is 21.8. The molecular formula is C19H18N4O5S2. The normalized spacial score (nSPS) is 11.5. The van der Waals surface area contributed by atoms with Crippen LogP contribution in [0.4, 0.5) is 17.1 Å². The van der Waals surface area contributed by atoms with Crippen molar-refractivity contribution in [2.24, 2.45) is 0 Å². The van der Waals surface area contributed by atoms with Gasteiger partial charge in [0.1, 0.15) is 0 Å². The van der Waals surface area contributed by atoms with Crippen LogP contribution in [0.5, 0.6) is 0 Å². The van der Waals surface area contributed by atoms with Gasteiger partial charge in [-0.15, -0.1) is 0 Å². The molecule has 0 aliphatic heterocycles. The van der Waals surface area contributed by atoms with E-state index in [0.717, 1.165) is 6.26 Å². The highest BCUT2D eigenvalue weighted by Gasteiger charge is 2.15. The standard InChI is InChI=1S/C19H18N4O5S2/c1-29(25,26)22-16-5-2-4-14(12-16)19(24)21-15-7-9-18(10-8-15)30(27,28)23-17-6-3-11-20-13-17/h2-13,22-23H,1H3,(H,21,24). The zero-order valence-corrected chi connectivity index (χ0v) is 17.4. The molecule has 11 heteroatoms. The van der Waals surface area contributed by atoms with Crippen molar-refractivity contribution in [1.82, 2.24) is 4.98 Å². The maximum Gasteiger partial charge on any atom is 0.261 e. The van der Waals surface area contributed by atoms with Crippen LogP contribution in [0.3, 0.4) is 0 Å². The summed E-state index contributed by atoms with van der Waals surface area (Å²) in [5, 5.41) is 2.64. The summed E-state index contributed by atoms with van der Waals surface area (Å²) < 4.78 is 52.2. The lowest BCUT2D eigenvalue weighted by atomic mass is 10.2. The number of aromatic nitrogens is 1. The number of carbonyl (C=O) groups is 1. The van der Waals surface area contributed by atoms with Gasteiger partial charge >= 0.3 is 0 Å². The number of nitrogens with one attached hydrogen (secondary N) is 3. The zero-order valence-electron chi connectivity index (χ0n) is 15.7. The molecule has 1 aromatic heterocycles. The van der Waals surface area contributed by atoms with Gasteiger partial charge in [-0.1, -0.05) is 6.07 Å². The topological polar surface area (TPSA) is 134 Å². The molecule has 0 aliphatic rings. The van der Waals surface area contributed by atoms with Gasteiger partial charge in [0.15, 0.2) is 0 Å². The van der Waals surface area contributed by atoms with Crippen molar-refractivity contribution in [3.05, 3.63) is 78.6 Å². The van der Waals surface area contributed by atoms with Crippen LogP contribution < -0.4 is 14.8 Å². The number of pyridine rings is 1. The van der Waals surface area contributed by atoms with Crippen molar-refractivity contribution < 1.29 is 21.6 Å². The number of amides is 1. The van der Waals surface area contributed by atoms with E-state index in [9.17, 15) is 21.6 Å². The van der Waals surface area contributed by atoms with Crippen LogP contribution in [0, 0.1) is 0 Å². The lowest BCUT2D eigenvalue weighted by Crippen LogP contribution is -2.15. The molecule has 1 amide bonds. The van der Waals surface area contributed by atoms with E-state index in [0.29, 0.717) is 11.4 Å². The van der Waals surface area contributed by atoms with E-state index in [1.54, 1.807) is 18.2 Å². The van der Waals surface area contributed by atoms with Gasteiger partial charge in [0.05, 0.1) is 23.0 Å². The molecule has 0 saturated heterocycles. The van der Waals surface area contributed by atoms with Gasteiger partial charge in [-0.25, -0.2) is 16.8 Å². The van der Waals surface area contributed by atoms with Gasteiger partial charge in [-0.2, -0.15) is 0 Å². The first-order chi connectivity index (χ1) is 14.1. The molecule has 0 atom stereocenters. The first kappa shape index (κ1) is 21.3. The van der Waals surface area contributed by atoms with E-state index in [-0.39, 0.29) is 16.1 Å². The largest absolute Gasteiger partial charge is 0.322 e. The maximum absolute atomic E-state index is 12.4. The average molecular weight is 447 g/mol. The van der Waals surface area contributed by atoms with Crippen LogP contribution in [0.15, 0.2) is 78.0 Å². The Hall–Kier alpha value is -3.44. The Kier molecular flexibility index (Phi) is 6.04. The third kappa shape index (κ3) is 5.78.